The van der Waals surface area contributed by atoms with Crippen molar-refractivity contribution in [3.05, 3.63) is 56.5 Å². The van der Waals surface area contributed by atoms with Crippen LogP contribution in [0.25, 0.3) is 0 Å². The average Bonchev–Trinajstić information content (AvgIpc) is 2.36. The fourth-order valence-electron chi connectivity index (χ4n) is 1.49. The summed E-state index contributed by atoms with van der Waals surface area (Å²) in [7, 11) is 0. The fourth-order valence-corrected chi connectivity index (χ4v) is 2.06. The zero-order chi connectivity index (χ0) is 14.0. The van der Waals surface area contributed by atoms with Gasteiger partial charge in [0.05, 0.1) is 10.0 Å². The number of carbonyl (C=O) groups excluding carboxylic acids is 1. The number of hydrogen-bond acceptors (Lipinski definition) is 2. The summed E-state index contributed by atoms with van der Waals surface area (Å²) in [5.41, 5.74) is 1.64. The molecule has 1 heterocycles. The molecule has 1 aromatic carbocycles. The number of aromatic nitrogens is 1. The third kappa shape index (κ3) is 3.39. The molecular formula is C13H9Br2FN2O. The molecule has 1 amide bonds. The van der Waals surface area contributed by atoms with Crippen LogP contribution in [0.5, 0.6) is 0 Å². The normalized spacial score (nSPS) is 10.3. The largest absolute Gasteiger partial charge is 0.322 e. The Morgan fingerprint density at radius 1 is 1.32 bits per heavy atom. The molecule has 0 saturated carbocycles. The molecule has 0 saturated heterocycles. The number of carbonyl (C=O) groups is 1. The number of nitrogens with zero attached hydrogens (tertiary/aromatic N) is 1. The Morgan fingerprint density at radius 2 is 2.05 bits per heavy atom. The van der Waals surface area contributed by atoms with Crippen molar-refractivity contribution in [3.63, 3.8) is 0 Å². The summed E-state index contributed by atoms with van der Waals surface area (Å²) < 4.78 is 14.3. The van der Waals surface area contributed by atoms with E-state index in [0.717, 1.165) is 0 Å². The van der Waals surface area contributed by atoms with Gasteiger partial charge in [0.2, 0.25) is 0 Å². The maximum atomic E-state index is 13.3. The first-order valence-corrected chi connectivity index (χ1v) is 6.94. The van der Waals surface area contributed by atoms with Crippen LogP contribution in [0.4, 0.5) is 10.1 Å². The van der Waals surface area contributed by atoms with E-state index >= 15 is 0 Å². The average molecular weight is 388 g/mol. The van der Waals surface area contributed by atoms with E-state index in [2.05, 4.69) is 42.2 Å². The number of nitrogens with one attached hydrogen (secondary N) is 1. The number of benzene rings is 1. The molecule has 3 nitrogen and oxygen atoms in total. The maximum absolute atomic E-state index is 13.3. The summed E-state index contributed by atoms with van der Waals surface area (Å²) >= 11 is 6.29. The highest BCUT2D eigenvalue weighted by molar-refractivity contribution is 9.10. The van der Waals surface area contributed by atoms with Gasteiger partial charge < -0.3 is 5.32 Å². The molecule has 0 atom stereocenters. The predicted octanol–water partition coefficient (Wildman–Crippen LogP) is 4.31. The number of amides is 1. The van der Waals surface area contributed by atoms with Gasteiger partial charge in [-0.1, -0.05) is 0 Å². The van der Waals surface area contributed by atoms with E-state index in [1.807, 2.05) is 0 Å². The van der Waals surface area contributed by atoms with E-state index in [1.54, 1.807) is 19.1 Å². The number of pyridine rings is 1. The van der Waals surface area contributed by atoms with Gasteiger partial charge in [0.1, 0.15) is 10.4 Å². The van der Waals surface area contributed by atoms with Crippen molar-refractivity contribution in [3.8, 4) is 0 Å². The molecule has 0 aliphatic heterocycles. The Kier molecular flexibility index (Phi) is 4.31. The second-order valence-corrected chi connectivity index (χ2v) is 5.57. The van der Waals surface area contributed by atoms with Crippen LogP contribution < -0.4 is 5.32 Å². The molecule has 0 bridgehead atoms. The summed E-state index contributed by atoms with van der Waals surface area (Å²) in [5, 5.41) is 2.72. The van der Waals surface area contributed by atoms with Crippen molar-refractivity contribution in [2.75, 3.05) is 5.32 Å². The minimum Gasteiger partial charge on any atom is -0.322 e. The zero-order valence-corrected chi connectivity index (χ0v) is 13.0. The Morgan fingerprint density at radius 3 is 2.68 bits per heavy atom. The topological polar surface area (TPSA) is 42.0 Å². The quantitative estimate of drug-likeness (QED) is 0.780. The maximum Gasteiger partial charge on any atom is 0.257 e. The van der Waals surface area contributed by atoms with Gasteiger partial charge in [-0.3, -0.25) is 4.79 Å². The molecule has 2 aromatic rings. The lowest BCUT2D eigenvalue weighted by molar-refractivity contribution is 0.102. The number of rotatable bonds is 2. The molecular weight excluding hydrogens is 379 g/mol. The van der Waals surface area contributed by atoms with Crippen LogP contribution in [0.1, 0.15) is 15.9 Å². The monoisotopic (exact) mass is 386 g/mol. The predicted molar refractivity (Wildman–Crippen MR) is 78.7 cm³/mol. The molecule has 0 aliphatic carbocycles. The molecule has 19 heavy (non-hydrogen) atoms. The molecule has 6 heteroatoms. The Labute approximate surface area is 126 Å². The van der Waals surface area contributed by atoms with Gasteiger partial charge in [-0.25, -0.2) is 9.37 Å². The third-order valence-corrected chi connectivity index (χ3v) is 3.58. The number of aryl methyl sites for hydroxylation is 1. The Hall–Kier alpha value is -1.27. The summed E-state index contributed by atoms with van der Waals surface area (Å²) in [6.07, 6.45) is 1.47. The first-order chi connectivity index (χ1) is 8.97. The van der Waals surface area contributed by atoms with Crippen LogP contribution in [-0.2, 0) is 0 Å². The second kappa shape index (κ2) is 5.79. The van der Waals surface area contributed by atoms with Crippen molar-refractivity contribution < 1.29 is 9.18 Å². The van der Waals surface area contributed by atoms with E-state index in [4.69, 9.17) is 0 Å². The summed E-state index contributed by atoms with van der Waals surface area (Å²) in [6, 6.07) is 6.23. The van der Waals surface area contributed by atoms with Crippen molar-refractivity contribution in [2.45, 2.75) is 6.92 Å². The number of anilines is 1. The number of hydrogen-bond donors (Lipinski definition) is 1. The zero-order valence-electron chi connectivity index (χ0n) is 9.88. The molecule has 1 N–H and O–H groups in total. The lowest BCUT2D eigenvalue weighted by atomic mass is 10.2. The standard InChI is InChI=1S/C13H9Br2FN2O/c1-7-4-10(16)9(14)5-11(7)18-13(19)8-2-3-12(15)17-6-8/h2-6H,1H3,(H,18,19). The SMILES string of the molecule is Cc1cc(F)c(Br)cc1NC(=O)c1ccc(Br)nc1. The summed E-state index contributed by atoms with van der Waals surface area (Å²) in [4.78, 5) is 16.0. The van der Waals surface area contributed by atoms with E-state index in [0.29, 0.717) is 25.9 Å². The molecule has 0 radical (unpaired) electrons. The lowest BCUT2D eigenvalue weighted by Gasteiger charge is -2.09. The van der Waals surface area contributed by atoms with Gasteiger partial charge in [-0.05, 0) is 68.6 Å². The third-order valence-electron chi connectivity index (χ3n) is 2.51. The van der Waals surface area contributed by atoms with Gasteiger partial charge in [-0.15, -0.1) is 0 Å². The van der Waals surface area contributed by atoms with E-state index in [1.165, 1.54) is 18.3 Å². The molecule has 0 unspecified atom stereocenters. The van der Waals surface area contributed by atoms with Crippen molar-refractivity contribution >= 4 is 43.5 Å². The van der Waals surface area contributed by atoms with Crippen molar-refractivity contribution in [1.82, 2.24) is 4.98 Å². The van der Waals surface area contributed by atoms with Crippen LogP contribution in [0.15, 0.2) is 39.5 Å². The molecule has 0 aliphatic rings. The van der Waals surface area contributed by atoms with Crippen LogP contribution in [0.3, 0.4) is 0 Å². The van der Waals surface area contributed by atoms with Crippen molar-refractivity contribution in [2.24, 2.45) is 0 Å². The highest BCUT2D eigenvalue weighted by atomic mass is 79.9. The summed E-state index contributed by atoms with van der Waals surface area (Å²) in [5.74, 6) is -0.651. The highest BCUT2D eigenvalue weighted by Gasteiger charge is 2.10. The Balaban J connectivity index is 2.24. The second-order valence-electron chi connectivity index (χ2n) is 3.90. The van der Waals surface area contributed by atoms with Gasteiger partial charge in [0, 0.05) is 11.9 Å². The van der Waals surface area contributed by atoms with Gasteiger partial charge in [-0.2, -0.15) is 0 Å². The first kappa shape index (κ1) is 14.1. The minimum absolute atomic E-state index is 0.290. The van der Waals surface area contributed by atoms with Gasteiger partial charge >= 0.3 is 0 Å². The molecule has 0 spiro atoms. The van der Waals surface area contributed by atoms with Crippen molar-refractivity contribution in [1.29, 1.82) is 0 Å². The highest BCUT2D eigenvalue weighted by Crippen LogP contribution is 2.24. The Bertz CT molecular complexity index is 629. The van der Waals surface area contributed by atoms with Gasteiger partial charge in [0.25, 0.3) is 5.91 Å². The number of halogens is 3. The van der Waals surface area contributed by atoms with Gasteiger partial charge in [0.15, 0.2) is 0 Å². The van der Waals surface area contributed by atoms with Crippen LogP contribution in [0.2, 0.25) is 0 Å². The lowest BCUT2D eigenvalue weighted by Crippen LogP contribution is -2.13. The molecule has 2 rings (SSSR count). The first-order valence-electron chi connectivity index (χ1n) is 5.36. The van der Waals surface area contributed by atoms with E-state index < -0.39 is 0 Å². The van der Waals surface area contributed by atoms with E-state index in [9.17, 15) is 9.18 Å². The summed E-state index contributed by atoms with van der Waals surface area (Å²) in [6.45, 7) is 1.73. The molecule has 0 fully saturated rings. The van der Waals surface area contributed by atoms with E-state index in [-0.39, 0.29) is 11.7 Å². The molecule has 98 valence electrons. The fraction of sp³-hybridized carbons (Fsp3) is 0.0769. The van der Waals surface area contributed by atoms with Crippen LogP contribution >= 0.6 is 31.9 Å². The van der Waals surface area contributed by atoms with Crippen LogP contribution in [0, 0.1) is 12.7 Å². The van der Waals surface area contributed by atoms with Crippen LogP contribution in [-0.4, -0.2) is 10.9 Å². The molecule has 1 aromatic heterocycles. The smallest absolute Gasteiger partial charge is 0.257 e. The minimum atomic E-state index is -0.360.